The van der Waals surface area contributed by atoms with Crippen molar-refractivity contribution in [2.45, 2.75) is 36.6 Å². The number of para-hydroxylation sites is 2. The first kappa shape index (κ1) is 27.8. The number of carbonyl (C=O) groups excluding carboxylic acids is 1. The van der Waals surface area contributed by atoms with E-state index in [4.69, 9.17) is 9.47 Å². The second-order valence-corrected chi connectivity index (χ2v) is 10.9. The van der Waals surface area contributed by atoms with Crippen LogP contribution in [0.2, 0.25) is 0 Å². The molecule has 1 aliphatic rings. The second kappa shape index (κ2) is 12.7. The monoisotopic (exact) mass is 580 g/mol. The van der Waals surface area contributed by atoms with Gasteiger partial charge in [0.25, 0.3) is 10.9 Å². The van der Waals surface area contributed by atoms with Crippen LogP contribution in [0, 0.1) is 5.21 Å². The molecule has 10 heteroatoms. The van der Waals surface area contributed by atoms with Crippen molar-refractivity contribution in [2.75, 3.05) is 11.1 Å². The highest BCUT2D eigenvalue weighted by Gasteiger charge is 2.32. The van der Waals surface area contributed by atoms with Crippen LogP contribution in [0.5, 0.6) is 0 Å². The molecule has 1 fully saturated rings. The SMILES string of the molecule is O=C(Nc1ccc(C2OC(CSc3cccc[n+]3[O-])CC(c3ccc(CO)cc3)O2)cc1)c1cnc2ccccc2n1. The predicted octanol–water partition coefficient (Wildman–Crippen LogP) is 5.35. The molecule has 3 unspecified atom stereocenters. The van der Waals surface area contributed by atoms with E-state index in [0.29, 0.717) is 28.4 Å². The van der Waals surface area contributed by atoms with Gasteiger partial charge in [-0.15, -0.1) is 0 Å². The summed E-state index contributed by atoms with van der Waals surface area (Å²) in [5.41, 5.74) is 4.80. The molecule has 0 saturated carbocycles. The average molecular weight is 581 g/mol. The van der Waals surface area contributed by atoms with Gasteiger partial charge in [-0.05, 0) is 41.5 Å². The minimum absolute atomic E-state index is 0.0284. The highest BCUT2D eigenvalue weighted by Crippen LogP contribution is 2.39. The molecule has 1 aliphatic heterocycles. The number of anilines is 1. The number of pyridine rings is 1. The predicted molar refractivity (Wildman–Crippen MR) is 158 cm³/mol. The van der Waals surface area contributed by atoms with Crippen LogP contribution in [0.4, 0.5) is 5.69 Å². The largest absolute Gasteiger partial charge is 0.618 e. The maximum absolute atomic E-state index is 12.8. The fraction of sp³-hybridized carbons (Fsp3) is 0.188. The molecule has 42 heavy (non-hydrogen) atoms. The molecule has 9 nitrogen and oxygen atoms in total. The van der Waals surface area contributed by atoms with Crippen molar-refractivity contribution in [3.63, 3.8) is 0 Å². The maximum Gasteiger partial charge on any atom is 0.275 e. The minimum Gasteiger partial charge on any atom is -0.618 e. The summed E-state index contributed by atoms with van der Waals surface area (Å²) in [6.07, 6.45) is 2.46. The molecule has 6 rings (SSSR count). The summed E-state index contributed by atoms with van der Waals surface area (Å²) < 4.78 is 13.6. The lowest BCUT2D eigenvalue weighted by molar-refractivity contribution is -0.645. The summed E-state index contributed by atoms with van der Waals surface area (Å²) in [5.74, 6) is 0.212. The van der Waals surface area contributed by atoms with Crippen molar-refractivity contribution >= 4 is 34.4 Å². The third kappa shape index (κ3) is 6.42. The number of nitrogens with zero attached hydrogens (tertiary/aromatic N) is 3. The lowest BCUT2D eigenvalue weighted by Gasteiger charge is -2.36. The molecule has 0 bridgehead atoms. The number of amides is 1. The number of aromatic nitrogens is 3. The van der Waals surface area contributed by atoms with Crippen LogP contribution in [0.15, 0.2) is 108 Å². The van der Waals surface area contributed by atoms with Gasteiger partial charge in [0, 0.05) is 35.6 Å². The average Bonchev–Trinajstić information content (AvgIpc) is 3.04. The minimum atomic E-state index is -0.655. The van der Waals surface area contributed by atoms with E-state index in [2.05, 4.69) is 15.3 Å². The van der Waals surface area contributed by atoms with Gasteiger partial charge in [0.05, 0.1) is 36.0 Å². The van der Waals surface area contributed by atoms with E-state index in [9.17, 15) is 15.1 Å². The van der Waals surface area contributed by atoms with Gasteiger partial charge < -0.3 is 25.1 Å². The standard InChI is InChI=1S/C32H28N4O5S/c37-19-21-8-10-22(11-9-21)29-17-25(20-42-30-7-3-4-16-36(30)39)40-32(41-29)23-12-14-24(15-13-23)34-31(38)28-18-33-26-5-1-2-6-27(26)35-28/h1-16,18,25,29,32,37H,17,19-20H2,(H,34,38). The molecule has 5 aromatic rings. The zero-order valence-corrected chi connectivity index (χ0v) is 23.3. The zero-order chi connectivity index (χ0) is 28.9. The molecule has 2 N–H and O–H groups in total. The molecule has 0 aliphatic carbocycles. The molecule has 0 spiro atoms. The lowest BCUT2D eigenvalue weighted by atomic mass is 10.0. The zero-order valence-electron chi connectivity index (χ0n) is 22.5. The van der Waals surface area contributed by atoms with Gasteiger partial charge in [-0.1, -0.05) is 60.3 Å². The van der Waals surface area contributed by atoms with E-state index >= 15 is 0 Å². The van der Waals surface area contributed by atoms with E-state index < -0.39 is 6.29 Å². The van der Waals surface area contributed by atoms with E-state index in [1.54, 1.807) is 24.3 Å². The molecule has 3 aromatic carbocycles. The topological polar surface area (TPSA) is 121 Å². The molecule has 0 radical (unpaired) electrons. The number of hydrogen-bond acceptors (Lipinski definition) is 8. The molecule has 1 saturated heterocycles. The van der Waals surface area contributed by atoms with Crippen LogP contribution in [-0.4, -0.2) is 32.8 Å². The first-order chi connectivity index (χ1) is 20.6. The van der Waals surface area contributed by atoms with Crippen LogP contribution in [0.1, 0.15) is 46.0 Å². The van der Waals surface area contributed by atoms with Gasteiger partial charge in [-0.3, -0.25) is 9.78 Å². The number of aliphatic hydroxyl groups is 1. The molecule has 3 heterocycles. The summed E-state index contributed by atoms with van der Waals surface area (Å²) in [6.45, 7) is -0.0284. The Morgan fingerprint density at radius 1 is 0.952 bits per heavy atom. The number of fused-ring (bicyclic) bond motifs is 1. The van der Waals surface area contributed by atoms with Gasteiger partial charge in [-0.25, -0.2) is 4.98 Å². The Bertz CT molecular complexity index is 1680. The number of hydrogen-bond donors (Lipinski definition) is 2. The van der Waals surface area contributed by atoms with Crippen molar-refractivity contribution in [3.8, 4) is 0 Å². The van der Waals surface area contributed by atoms with Gasteiger partial charge in [0.15, 0.2) is 12.5 Å². The summed E-state index contributed by atoms with van der Waals surface area (Å²) in [6, 6.07) is 27.7. The number of rotatable bonds is 8. The van der Waals surface area contributed by atoms with Crippen LogP contribution < -0.4 is 10.0 Å². The van der Waals surface area contributed by atoms with E-state index in [-0.39, 0.29) is 30.4 Å². The van der Waals surface area contributed by atoms with E-state index in [0.717, 1.165) is 26.9 Å². The smallest absolute Gasteiger partial charge is 0.275 e. The summed E-state index contributed by atoms with van der Waals surface area (Å²) >= 11 is 1.44. The van der Waals surface area contributed by atoms with Crippen LogP contribution in [-0.2, 0) is 16.1 Å². The van der Waals surface area contributed by atoms with Crippen molar-refractivity contribution in [1.82, 2.24) is 9.97 Å². The number of aliphatic hydroxyl groups excluding tert-OH is 1. The Kier molecular flexibility index (Phi) is 8.38. The fourth-order valence-electron chi connectivity index (χ4n) is 4.71. The first-order valence-electron chi connectivity index (χ1n) is 13.5. The lowest BCUT2D eigenvalue weighted by Crippen LogP contribution is -2.32. The van der Waals surface area contributed by atoms with Gasteiger partial charge in [-0.2, -0.15) is 4.73 Å². The van der Waals surface area contributed by atoms with Crippen molar-refractivity contribution in [3.05, 3.63) is 131 Å². The highest BCUT2D eigenvalue weighted by atomic mass is 32.2. The Hall–Kier alpha value is -4.35. The maximum atomic E-state index is 12.8. The number of carbonyl (C=O) groups is 1. The number of thioether (sulfide) groups is 1. The van der Waals surface area contributed by atoms with Crippen molar-refractivity contribution in [2.24, 2.45) is 0 Å². The Labute approximate surface area is 246 Å². The number of benzene rings is 3. The molecule has 3 atom stereocenters. The first-order valence-corrected chi connectivity index (χ1v) is 14.5. The third-order valence-corrected chi connectivity index (χ3v) is 8.09. The Balaban J connectivity index is 1.17. The molecule has 212 valence electrons. The van der Waals surface area contributed by atoms with Crippen LogP contribution >= 0.6 is 11.8 Å². The molecular formula is C32H28N4O5S. The fourth-order valence-corrected chi connectivity index (χ4v) is 5.64. The summed E-state index contributed by atoms with van der Waals surface area (Å²) in [5, 5.41) is 25.1. The van der Waals surface area contributed by atoms with Crippen molar-refractivity contribution < 1.29 is 24.1 Å². The molecule has 2 aromatic heterocycles. The van der Waals surface area contributed by atoms with Crippen LogP contribution in [0.3, 0.4) is 0 Å². The quantitative estimate of drug-likeness (QED) is 0.143. The number of ether oxygens (including phenoxy) is 2. The van der Waals surface area contributed by atoms with Gasteiger partial charge >= 0.3 is 0 Å². The van der Waals surface area contributed by atoms with Crippen LogP contribution in [0.25, 0.3) is 11.0 Å². The normalized spacial score (nSPS) is 18.5. The Morgan fingerprint density at radius 2 is 1.69 bits per heavy atom. The molecular weight excluding hydrogens is 552 g/mol. The highest BCUT2D eigenvalue weighted by molar-refractivity contribution is 7.99. The van der Waals surface area contributed by atoms with Gasteiger partial charge in [0.1, 0.15) is 5.69 Å². The van der Waals surface area contributed by atoms with Crippen molar-refractivity contribution in [1.29, 1.82) is 0 Å². The third-order valence-electron chi connectivity index (χ3n) is 6.94. The summed E-state index contributed by atoms with van der Waals surface area (Å²) in [7, 11) is 0. The number of nitrogens with one attached hydrogen (secondary N) is 1. The van der Waals surface area contributed by atoms with Gasteiger partial charge in [0.2, 0.25) is 0 Å². The Morgan fingerprint density at radius 3 is 2.45 bits per heavy atom. The molecule has 1 amide bonds. The van der Waals surface area contributed by atoms with E-state index in [1.807, 2.05) is 66.7 Å². The summed E-state index contributed by atoms with van der Waals surface area (Å²) in [4.78, 5) is 21.6. The second-order valence-electron chi connectivity index (χ2n) is 9.85. The van der Waals surface area contributed by atoms with E-state index in [1.165, 1.54) is 24.2 Å².